The number of nitrogens with one attached hydrogen (secondary N) is 1. The molecule has 2 heterocycles. The van der Waals surface area contributed by atoms with Gasteiger partial charge in [-0.3, -0.25) is 4.90 Å². The van der Waals surface area contributed by atoms with Crippen LogP contribution in [-0.4, -0.2) is 24.5 Å². The maximum Gasteiger partial charge on any atom is 0.118 e. The van der Waals surface area contributed by atoms with Gasteiger partial charge in [-0.2, -0.15) is 0 Å². The molecule has 0 saturated carbocycles. The van der Waals surface area contributed by atoms with Crippen molar-refractivity contribution in [1.82, 2.24) is 10.2 Å². The van der Waals surface area contributed by atoms with Gasteiger partial charge in [0.15, 0.2) is 0 Å². The second-order valence-electron chi connectivity index (χ2n) is 4.83. The molecular formula is C13H22N2O. The Morgan fingerprint density at radius 1 is 1.56 bits per heavy atom. The van der Waals surface area contributed by atoms with Crippen molar-refractivity contribution >= 4 is 0 Å². The lowest BCUT2D eigenvalue weighted by molar-refractivity contribution is 0.289. The molecule has 0 spiro atoms. The minimum atomic E-state index is 0.844. The zero-order chi connectivity index (χ0) is 11.4. The maximum atomic E-state index is 5.58. The lowest BCUT2D eigenvalue weighted by Crippen LogP contribution is -2.19. The third-order valence-electron chi connectivity index (χ3n) is 3.17. The van der Waals surface area contributed by atoms with Crippen LogP contribution in [0.25, 0.3) is 0 Å². The van der Waals surface area contributed by atoms with Crippen LogP contribution in [0.3, 0.4) is 0 Å². The van der Waals surface area contributed by atoms with E-state index < -0.39 is 0 Å². The first-order valence-electron chi connectivity index (χ1n) is 6.27. The highest BCUT2D eigenvalue weighted by atomic mass is 16.3. The van der Waals surface area contributed by atoms with Crippen LogP contribution >= 0.6 is 0 Å². The molecule has 0 aromatic carbocycles. The number of hydrogen-bond acceptors (Lipinski definition) is 3. The average Bonchev–Trinajstić information content (AvgIpc) is 2.86. The van der Waals surface area contributed by atoms with Crippen LogP contribution in [0.1, 0.15) is 31.6 Å². The monoisotopic (exact) mass is 222 g/mol. The summed E-state index contributed by atoms with van der Waals surface area (Å²) in [5.74, 6) is 1.94. The first-order valence-corrected chi connectivity index (χ1v) is 6.27. The number of likely N-dealkylation sites (tertiary alicyclic amines) is 1. The van der Waals surface area contributed by atoms with Crippen molar-refractivity contribution < 1.29 is 4.42 Å². The molecular weight excluding hydrogens is 200 g/mol. The number of rotatable bonds is 5. The predicted molar refractivity (Wildman–Crippen MR) is 65.1 cm³/mol. The number of nitrogens with zero attached hydrogens (tertiary/aromatic N) is 1. The third-order valence-corrected chi connectivity index (χ3v) is 3.17. The number of furan rings is 1. The van der Waals surface area contributed by atoms with E-state index in [4.69, 9.17) is 4.42 Å². The minimum absolute atomic E-state index is 0.844. The summed E-state index contributed by atoms with van der Waals surface area (Å²) in [6.07, 6.45) is 3.20. The fourth-order valence-corrected chi connectivity index (χ4v) is 2.26. The standard InChI is InChI=1S/C13H22N2O/c1-3-14-7-12-6-13(16-10-12)9-15-5-4-11(2)8-15/h6,10-11,14H,3-5,7-9H2,1-2H3. The highest BCUT2D eigenvalue weighted by molar-refractivity contribution is 5.12. The van der Waals surface area contributed by atoms with E-state index in [0.717, 1.165) is 31.3 Å². The van der Waals surface area contributed by atoms with Crippen LogP contribution in [0.15, 0.2) is 16.7 Å². The van der Waals surface area contributed by atoms with Crippen molar-refractivity contribution in [3.63, 3.8) is 0 Å². The second-order valence-corrected chi connectivity index (χ2v) is 4.83. The first kappa shape index (κ1) is 11.7. The van der Waals surface area contributed by atoms with Crippen LogP contribution in [0.5, 0.6) is 0 Å². The molecule has 1 atom stereocenters. The van der Waals surface area contributed by atoms with Gasteiger partial charge in [-0.25, -0.2) is 0 Å². The first-order chi connectivity index (χ1) is 7.78. The molecule has 3 heteroatoms. The zero-order valence-electron chi connectivity index (χ0n) is 10.3. The van der Waals surface area contributed by atoms with Gasteiger partial charge in [0.1, 0.15) is 5.76 Å². The normalized spacial score (nSPS) is 21.8. The Morgan fingerprint density at radius 3 is 3.12 bits per heavy atom. The highest BCUT2D eigenvalue weighted by Crippen LogP contribution is 2.18. The summed E-state index contributed by atoms with van der Waals surface area (Å²) in [6, 6.07) is 2.17. The fraction of sp³-hybridized carbons (Fsp3) is 0.692. The molecule has 1 aromatic heterocycles. The van der Waals surface area contributed by atoms with Gasteiger partial charge in [-0.15, -0.1) is 0 Å². The smallest absolute Gasteiger partial charge is 0.118 e. The lowest BCUT2D eigenvalue weighted by Gasteiger charge is -2.12. The SMILES string of the molecule is CCNCc1coc(CN2CCC(C)C2)c1. The quantitative estimate of drug-likeness (QED) is 0.828. The van der Waals surface area contributed by atoms with Crippen molar-refractivity contribution in [3.05, 3.63) is 23.7 Å². The Balaban J connectivity index is 1.83. The molecule has 90 valence electrons. The molecule has 1 N–H and O–H groups in total. The van der Waals surface area contributed by atoms with Gasteiger partial charge in [0.25, 0.3) is 0 Å². The van der Waals surface area contributed by atoms with Gasteiger partial charge in [0.2, 0.25) is 0 Å². The van der Waals surface area contributed by atoms with Crippen molar-refractivity contribution in [2.24, 2.45) is 5.92 Å². The Morgan fingerprint density at radius 2 is 2.44 bits per heavy atom. The fourth-order valence-electron chi connectivity index (χ4n) is 2.26. The molecule has 1 unspecified atom stereocenters. The van der Waals surface area contributed by atoms with E-state index in [1.165, 1.54) is 25.1 Å². The van der Waals surface area contributed by atoms with Gasteiger partial charge in [0, 0.05) is 18.7 Å². The summed E-state index contributed by atoms with van der Waals surface area (Å²) in [5.41, 5.74) is 1.25. The summed E-state index contributed by atoms with van der Waals surface area (Å²) in [7, 11) is 0. The van der Waals surface area contributed by atoms with Crippen molar-refractivity contribution in [2.75, 3.05) is 19.6 Å². The average molecular weight is 222 g/mol. The van der Waals surface area contributed by atoms with Crippen LogP contribution in [-0.2, 0) is 13.1 Å². The van der Waals surface area contributed by atoms with Crippen LogP contribution in [0.2, 0.25) is 0 Å². The highest BCUT2D eigenvalue weighted by Gasteiger charge is 2.19. The Hall–Kier alpha value is -0.800. The molecule has 1 fully saturated rings. The second kappa shape index (κ2) is 5.51. The third kappa shape index (κ3) is 3.09. The Kier molecular flexibility index (Phi) is 4.02. The molecule has 2 rings (SSSR count). The molecule has 1 aliphatic rings. The molecule has 0 amide bonds. The maximum absolute atomic E-state index is 5.58. The zero-order valence-corrected chi connectivity index (χ0v) is 10.3. The largest absolute Gasteiger partial charge is 0.468 e. The molecule has 1 aromatic rings. The van der Waals surface area contributed by atoms with Crippen LogP contribution < -0.4 is 5.32 Å². The molecule has 0 aliphatic carbocycles. The Labute approximate surface area is 97.8 Å². The topological polar surface area (TPSA) is 28.4 Å². The van der Waals surface area contributed by atoms with E-state index in [0.29, 0.717) is 0 Å². The molecule has 0 radical (unpaired) electrons. The van der Waals surface area contributed by atoms with E-state index in [1.54, 1.807) is 0 Å². The van der Waals surface area contributed by atoms with E-state index in [2.05, 4.69) is 30.1 Å². The molecule has 1 saturated heterocycles. The van der Waals surface area contributed by atoms with E-state index in [9.17, 15) is 0 Å². The van der Waals surface area contributed by atoms with Crippen LogP contribution in [0, 0.1) is 5.92 Å². The predicted octanol–water partition coefficient (Wildman–Crippen LogP) is 2.23. The minimum Gasteiger partial charge on any atom is -0.468 e. The summed E-state index contributed by atoms with van der Waals surface area (Å²) in [5, 5.41) is 3.30. The summed E-state index contributed by atoms with van der Waals surface area (Å²) in [4.78, 5) is 2.47. The summed E-state index contributed by atoms with van der Waals surface area (Å²) >= 11 is 0. The van der Waals surface area contributed by atoms with Crippen LogP contribution in [0.4, 0.5) is 0 Å². The summed E-state index contributed by atoms with van der Waals surface area (Å²) < 4.78 is 5.58. The molecule has 0 bridgehead atoms. The van der Waals surface area contributed by atoms with Crippen molar-refractivity contribution in [1.29, 1.82) is 0 Å². The van der Waals surface area contributed by atoms with Gasteiger partial charge in [-0.05, 0) is 31.5 Å². The lowest BCUT2D eigenvalue weighted by atomic mass is 10.2. The molecule has 3 nitrogen and oxygen atoms in total. The Bertz CT molecular complexity index is 321. The summed E-state index contributed by atoms with van der Waals surface area (Å²) in [6.45, 7) is 9.75. The van der Waals surface area contributed by atoms with Gasteiger partial charge >= 0.3 is 0 Å². The number of hydrogen-bond donors (Lipinski definition) is 1. The van der Waals surface area contributed by atoms with E-state index in [-0.39, 0.29) is 0 Å². The molecule has 16 heavy (non-hydrogen) atoms. The van der Waals surface area contributed by atoms with E-state index >= 15 is 0 Å². The van der Waals surface area contributed by atoms with Gasteiger partial charge in [0.05, 0.1) is 12.8 Å². The van der Waals surface area contributed by atoms with E-state index in [1.807, 2.05) is 6.26 Å². The van der Waals surface area contributed by atoms with Crippen molar-refractivity contribution in [2.45, 2.75) is 33.4 Å². The van der Waals surface area contributed by atoms with Gasteiger partial charge in [-0.1, -0.05) is 13.8 Å². The molecule has 1 aliphatic heterocycles. The van der Waals surface area contributed by atoms with Gasteiger partial charge < -0.3 is 9.73 Å². The van der Waals surface area contributed by atoms with Crippen molar-refractivity contribution in [3.8, 4) is 0 Å².